The first-order chi connectivity index (χ1) is 20.8. The largest absolute Gasteiger partial charge is 0.447 e. The number of ether oxygens (including phenoxy) is 1. The summed E-state index contributed by atoms with van der Waals surface area (Å²) in [5.74, 6) is -4.12. The number of imide groups is 2. The van der Waals surface area contributed by atoms with E-state index in [9.17, 15) is 33.6 Å². The van der Waals surface area contributed by atoms with Crippen LogP contribution in [0.3, 0.4) is 0 Å². The van der Waals surface area contributed by atoms with Gasteiger partial charge in [-0.15, -0.1) is 0 Å². The molecule has 3 aliphatic rings. The van der Waals surface area contributed by atoms with Gasteiger partial charge in [0.15, 0.2) is 17.3 Å². The van der Waals surface area contributed by atoms with Crippen LogP contribution >= 0.6 is 0 Å². The van der Waals surface area contributed by atoms with Crippen LogP contribution in [0.4, 0.5) is 5.69 Å². The summed E-state index contributed by atoms with van der Waals surface area (Å²) in [4.78, 5) is 88.8. The zero-order chi connectivity index (χ0) is 30.2. The minimum Gasteiger partial charge on any atom is -0.447 e. The number of furan rings is 1. The monoisotopic (exact) mass is 584 g/mol. The summed E-state index contributed by atoms with van der Waals surface area (Å²) in [5, 5.41) is 7.84. The van der Waals surface area contributed by atoms with E-state index in [-0.39, 0.29) is 84.3 Å². The van der Waals surface area contributed by atoms with Gasteiger partial charge >= 0.3 is 0 Å². The van der Waals surface area contributed by atoms with E-state index in [2.05, 4.69) is 16.0 Å². The van der Waals surface area contributed by atoms with Crippen molar-refractivity contribution < 1.29 is 42.7 Å². The van der Waals surface area contributed by atoms with Gasteiger partial charge in [-0.3, -0.25) is 43.8 Å². The third kappa shape index (κ3) is 4.89. The van der Waals surface area contributed by atoms with Gasteiger partial charge in [0.25, 0.3) is 17.7 Å². The number of carbonyl (C=O) groups is 7. The lowest BCUT2D eigenvalue weighted by molar-refractivity contribution is -0.136. The van der Waals surface area contributed by atoms with Crippen molar-refractivity contribution in [1.82, 2.24) is 15.5 Å². The Morgan fingerprint density at radius 2 is 1.60 bits per heavy atom. The average Bonchev–Trinajstić information content (AvgIpc) is 3.56. The highest BCUT2D eigenvalue weighted by Crippen LogP contribution is 2.32. The van der Waals surface area contributed by atoms with E-state index in [1.807, 2.05) is 0 Å². The first-order valence-corrected chi connectivity index (χ1v) is 13.5. The van der Waals surface area contributed by atoms with E-state index in [4.69, 9.17) is 9.15 Å². The van der Waals surface area contributed by atoms with Crippen LogP contribution in [0.1, 0.15) is 76.2 Å². The lowest BCUT2D eigenvalue weighted by Gasteiger charge is -2.27. The topological polar surface area (TPSA) is 181 Å². The van der Waals surface area contributed by atoms with Crippen molar-refractivity contribution in [1.29, 1.82) is 0 Å². The highest BCUT2D eigenvalue weighted by atomic mass is 16.5. The molecule has 0 spiro atoms. The molecular formula is C30H24N4O9. The first-order valence-electron chi connectivity index (χ1n) is 13.5. The maximum atomic E-state index is 13.2. The standard InChI is InChI=1S/C30H24N4O9/c35-22-9-8-20(27(38)33-22)34-29(40)17-6-3-7-19(23(17)30(34)41)31-10-12-42-13-11-32-28(39)21-14-18-24(36)15-4-1-2-5-16(15)25(37)26(18)43-21/h1-7,14,20,31H,8-13H2,(H,32,39)(H,33,35,38). The van der Waals surface area contributed by atoms with Crippen molar-refractivity contribution in [2.24, 2.45) is 0 Å². The molecule has 3 heterocycles. The number of anilines is 1. The number of carbonyl (C=O) groups excluding carboxylic acids is 7. The average molecular weight is 585 g/mol. The number of nitrogens with one attached hydrogen (secondary N) is 3. The Kier molecular flexibility index (Phi) is 7.16. The second-order valence-corrected chi connectivity index (χ2v) is 10.0. The number of nitrogens with zero attached hydrogens (tertiary/aromatic N) is 1. The number of piperidine rings is 1. The van der Waals surface area contributed by atoms with Crippen molar-refractivity contribution in [2.75, 3.05) is 31.6 Å². The molecular weight excluding hydrogens is 560 g/mol. The maximum absolute atomic E-state index is 13.2. The van der Waals surface area contributed by atoms with Crippen molar-refractivity contribution in [3.05, 3.63) is 87.9 Å². The molecule has 218 valence electrons. The second-order valence-electron chi connectivity index (χ2n) is 10.0. The number of benzene rings is 2. The quantitative estimate of drug-likeness (QED) is 0.192. The van der Waals surface area contributed by atoms with Crippen LogP contribution in [0.25, 0.3) is 0 Å². The Hall–Kier alpha value is -5.43. The Balaban J connectivity index is 0.984. The van der Waals surface area contributed by atoms with Crippen LogP contribution < -0.4 is 16.0 Å². The van der Waals surface area contributed by atoms with Gasteiger partial charge in [0.2, 0.25) is 17.6 Å². The predicted molar refractivity (Wildman–Crippen MR) is 147 cm³/mol. The minimum atomic E-state index is -1.06. The van der Waals surface area contributed by atoms with Gasteiger partial charge in [-0.05, 0) is 18.6 Å². The zero-order valence-corrected chi connectivity index (χ0v) is 22.6. The SMILES string of the molecule is O=C1CCC(N2C(=O)c3cccc(NCCOCCNC(=O)c4cc5c(o4)C(=O)c4ccccc4C5=O)c3C2=O)C(=O)N1. The molecule has 5 amide bonds. The van der Waals surface area contributed by atoms with Crippen LogP contribution in [0.15, 0.2) is 52.9 Å². The van der Waals surface area contributed by atoms with Crippen LogP contribution in [-0.4, -0.2) is 78.3 Å². The van der Waals surface area contributed by atoms with Crippen molar-refractivity contribution in [3.8, 4) is 0 Å². The third-order valence-electron chi connectivity index (χ3n) is 7.38. The number of hydrogen-bond acceptors (Lipinski definition) is 10. The van der Waals surface area contributed by atoms with Crippen molar-refractivity contribution >= 4 is 46.8 Å². The Morgan fingerprint density at radius 3 is 2.37 bits per heavy atom. The highest BCUT2D eigenvalue weighted by molar-refractivity contribution is 6.28. The molecule has 0 saturated carbocycles. The van der Waals surface area contributed by atoms with E-state index in [0.29, 0.717) is 5.69 Å². The van der Waals surface area contributed by atoms with Crippen molar-refractivity contribution in [3.63, 3.8) is 0 Å². The fraction of sp³-hybridized carbons (Fsp3) is 0.233. The minimum absolute atomic E-state index is 0.0322. The molecule has 13 nitrogen and oxygen atoms in total. The lowest BCUT2D eigenvalue weighted by Crippen LogP contribution is -2.54. The predicted octanol–water partition coefficient (Wildman–Crippen LogP) is 1.31. The van der Waals surface area contributed by atoms with E-state index in [0.717, 1.165) is 4.90 Å². The Bertz CT molecular complexity index is 1690. The highest BCUT2D eigenvalue weighted by Gasteiger charge is 2.45. The number of amides is 5. The molecule has 3 aromatic rings. The summed E-state index contributed by atoms with van der Waals surface area (Å²) >= 11 is 0. The summed E-state index contributed by atoms with van der Waals surface area (Å²) in [6.45, 7) is 0.695. The second kappa shape index (κ2) is 11.1. The summed E-state index contributed by atoms with van der Waals surface area (Å²) in [6, 6.07) is 11.3. The van der Waals surface area contributed by atoms with Gasteiger partial charge < -0.3 is 19.8 Å². The van der Waals surface area contributed by atoms with Gasteiger partial charge in [0.1, 0.15) is 6.04 Å². The lowest BCUT2D eigenvalue weighted by atomic mass is 9.89. The summed E-state index contributed by atoms with van der Waals surface area (Å²) in [6.07, 6.45) is 0.0977. The molecule has 1 aliphatic carbocycles. The van der Waals surface area contributed by atoms with Crippen LogP contribution in [0.5, 0.6) is 0 Å². The van der Waals surface area contributed by atoms with Gasteiger partial charge in [-0.1, -0.05) is 30.3 Å². The van der Waals surface area contributed by atoms with Crippen LogP contribution in [0.2, 0.25) is 0 Å². The van der Waals surface area contributed by atoms with E-state index >= 15 is 0 Å². The number of ketones is 2. The molecule has 1 unspecified atom stereocenters. The Morgan fingerprint density at radius 1 is 0.884 bits per heavy atom. The smallest absolute Gasteiger partial charge is 0.287 e. The molecule has 1 atom stereocenters. The molecule has 0 bridgehead atoms. The molecule has 2 aliphatic heterocycles. The van der Waals surface area contributed by atoms with Crippen molar-refractivity contribution in [2.45, 2.75) is 18.9 Å². The summed E-state index contributed by atoms with van der Waals surface area (Å²) in [7, 11) is 0. The molecule has 6 rings (SSSR count). The molecule has 13 heteroatoms. The molecule has 1 saturated heterocycles. The number of hydrogen-bond donors (Lipinski definition) is 3. The normalized spacial score (nSPS) is 17.4. The van der Waals surface area contributed by atoms with Gasteiger partial charge in [0.05, 0.1) is 29.9 Å². The van der Waals surface area contributed by atoms with Crippen LogP contribution in [-0.2, 0) is 14.3 Å². The molecule has 1 fully saturated rings. The molecule has 3 N–H and O–H groups in total. The van der Waals surface area contributed by atoms with E-state index in [1.165, 1.54) is 18.2 Å². The maximum Gasteiger partial charge on any atom is 0.287 e. The van der Waals surface area contributed by atoms with Gasteiger partial charge in [0, 0.05) is 42.4 Å². The molecule has 43 heavy (non-hydrogen) atoms. The Labute approximate surface area is 243 Å². The fourth-order valence-electron chi connectivity index (χ4n) is 5.33. The van der Waals surface area contributed by atoms with E-state index < -0.39 is 41.4 Å². The molecule has 0 radical (unpaired) electrons. The molecule has 2 aromatic carbocycles. The third-order valence-corrected chi connectivity index (χ3v) is 7.38. The first kappa shape index (κ1) is 27.7. The summed E-state index contributed by atoms with van der Waals surface area (Å²) < 4.78 is 11.0. The number of fused-ring (bicyclic) bond motifs is 3. The fourth-order valence-corrected chi connectivity index (χ4v) is 5.33. The molecule has 1 aromatic heterocycles. The van der Waals surface area contributed by atoms with E-state index in [1.54, 1.807) is 30.3 Å². The number of rotatable bonds is 9. The summed E-state index contributed by atoms with van der Waals surface area (Å²) in [5.41, 5.74) is 1.24. The van der Waals surface area contributed by atoms with Gasteiger partial charge in [-0.25, -0.2) is 0 Å². The van der Waals surface area contributed by atoms with Gasteiger partial charge in [-0.2, -0.15) is 0 Å². The zero-order valence-electron chi connectivity index (χ0n) is 22.6. The van der Waals surface area contributed by atoms with Crippen LogP contribution in [0, 0.1) is 0 Å².